The van der Waals surface area contributed by atoms with E-state index in [0.29, 0.717) is 27.5 Å². The highest BCUT2D eigenvalue weighted by molar-refractivity contribution is 7.80. The summed E-state index contributed by atoms with van der Waals surface area (Å²) in [6.07, 6.45) is -2.82. The number of benzene rings is 2. The molecule has 0 saturated heterocycles. The zero-order valence-corrected chi connectivity index (χ0v) is 15.9. The van der Waals surface area contributed by atoms with E-state index in [1.54, 1.807) is 47.1 Å². The van der Waals surface area contributed by atoms with Crippen molar-refractivity contribution in [2.45, 2.75) is 11.1 Å². The van der Waals surface area contributed by atoms with Gasteiger partial charge in [0.2, 0.25) is 0 Å². The van der Waals surface area contributed by atoms with Crippen molar-refractivity contribution in [3.8, 4) is 22.5 Å². The van der Waals surface area contributed by atoms with Crippen molar-refractivity contribution in [1.82, 2.24) is 14.6 Å². The van der Waals surface area contributed by atoms with Crippen LogP contribution in [-0.2, 0) is 21.4 Å². The Kier molecular flexibility index (Phi) is 4.93. The largest absolute Gasteiger partial charge is 0.416 e. The molecular weight excluding hydrogens is 403 g/mol. The van der Waals surface area contributed by atoms with Crippen LogP contribution in [0.15, 0.2) is 71.8 Å². The molecule has 4 rings (SSSR count). The third-order valence-corrected chi connectivity index (χ3v) is 5.32. The first-order valence-electron chi connectivity index (χ1n) is 8.46. The summed E-state index contributed by atoms with van der Waals surface area (Å²) >= 11 is -1.52. The molecule has 0 radical (unpaired) electrons. The van der Waals surface area contributed by atoms with Crippen molar-refractivity contribution < 1.29 is 21.6 Å². The molecule has 1 atom stereocenters. The maximum Gasteiger partial charge on any atom is 0.416 e. The van der Waals surface area contributed by atoms with E-state index in [4.69, 9.17) is 4.18 Å². The first-order chi connectivity index (χ1) is 13.9. The summed E-state index contributed by atoms with van der Waals surface area (Å²) < 4.78 is 56.5. The van der Waals surface area contributed by atoms with Crippen LogP contribution < -0.4 is 0 Å². The Bertz CT molecular complexity index is 1190. The van der Waals surface area contributed by atoms with Gasteiger partial charge in [-0.25, -0.2) is 13.7 Å². The maximum absolute atomic E-state index is 12.8. The van der Waals surface area contributed by atoms with Crippen molar-refractivity contribution in [1.29, 1.82) is 0 Å². The molecule has 9 heteroatoms. The van der Waals surface area contributed by atoms with Crippen LogP contribution in [0.5, 0.6) is 0 Å². The highest BCUT2D eigenvalue weighted by Gasteiger charge is 2.30. The van der Waals surface area contributed by atoms with Crippen LogP contribution in [0.1, 0.15) is 5.56 Å². The second-order valence-corrected chi connectivity index (χ2v) is 7.41. The first kappa shape index (κ1) is 19.3. The van der Waals surface area contributed by atoms with Crippen LogP contribution in [-0.4, -0.2) is 25.9 Å². The molecule has 2 aromatic carbocycles. The number of fused-ring (bicyclic) bond motifs is 1. The molecule has 148 valence electrons. The molecule has 0 fully saturated rings. The zero-order chi connectivity index (χ0) is 20.6. The van der Waals surface area contributed by atoms with Gasteiger partial charge in [-0.1, -0.05) is 24.3 Å². The lowest BCUT2D eigenvalue weighted by Crippen LogP contribution is -2.04. The molecule has 5 nitrogen and oxygen atoms in total. The van der Waals surface area contributed by atoms with Crippen molar-refractivity contribution in [3.63, 3.8) is 0 Å². The summed E-state index contributed by atoms with van der Waals surface area (Å²) in [7, 11) is 1.36. The molecular formula is C20H14F3N3O2S. The normalized spacial score (nSPS) is 13.0. The van der Waals surface area contributed by atoms with Gasteiger partial charge in [0.15, 0.2) is 16.7 Å². The Morgan fingerprint density at radius 3 is 2.21 bits per heavy atom. The Hall–Kier alpha value is -3.04. The average molecular weight is 417 g/mol. The van der Waals surface area contributed by atoms with Crippen LogP contribution in [0.3, 0.4) is 0 Å². The number of halogens is 3. The zero-order valence-electron chi connectivity index (χ0n) is 15.1. The highest BCUT2D eigenvalue weighted by atomic mass is 32.2. The predicted octanol–water partition coefficient (Wildman–Crippen LogP) is 4.75. The molecule has 0 N–H and O–H groups in total. The molecule has 2 heterocycles. The van der Waals surface area contributed by atoms with E-state index in [9.17, 15) is 17.4 Å². The lowest BCUT2D eigenvalue weighted by Gasteiger charge is -2.08. The number of imidazole rings is 1. The standard InChI is InChI=1S/C20H14F3N3O2S/c1-28-29(27)16-8-4-13(5-9-16)17-10-11-19-24-12-18(26(19)25-17)14-2-6-15(7-3-14)20(21,22)23/h2-12H,1H3. The van der Waals surface area contributed by atoms with Crippen LogP contribution >= 0.6 is 0 Å². The summed E-state index contributed by atoms with van der Waals surface area (Å²) in [5.41, 5.74) is 2.43. The molecule has 0 aliphatic rings. The molecule has 4 aromatic rings. The second-order valence-electron chi connectivity index (χ2n) is 6.13. The van der Waals surface area contributed by atoms with E-state index in [0.717, 1.165) is 17.7 Å². The molecule has 2 aromatic heterocycles. The van der Waals surface area contributed by atoms with E-state index in [2.05, 4.69) is 10.1 Å². The van der Waals surface area contributed by atoms with Gasteiger partial charge >= 0.3 is 6.18 Å². The van der Waals surface area contributed by atoms with Gasteiger partial charge in [-0.05, 0) is 36.4 Å². The summed E-state index contributed by atoms with van der Waals surface area (Å²) in [5.74, 6) is 0. The molecule has 0 aliphatic heterocycles. The van der Waals surface area contributed by atoms with Crippen molar-refractivity contribution in [3.05, 3.63) is 72.4 Å². The molecule has 1 unspecified atom stereocenters. The Morgan fingerprint density at radius 2 is 1.59 bits per heavy atom. The van der Waals surface area contributed by atoms with Crippen LogP contribution in [0.2, 0.25) is 0 Å². The van der Waals surface area contributed by atoms with Gasteiger partial charge < -0.3 is 0 Å². The minimum Gasteiger partial charge on any atom is -0.290 e. The highest BCUT2D eigenvalue weighted by Crippen LogP contribution is 2.31. The number of alkyl halides is 3. The fourth-order valence-electron chi connectivity index (χ4n) is 2.89. The fourth-order valence-corrected chi connectivity index (χ4v) is 3.44. The Balaban J connectivity index is 1.72. The molecule has 0 spiro atoms. The molecule has 0 saturated carbocycles. The van der Waals surface area contributed by atoms with Crippen molar-refractivity contribution in [2.24, 2.45) is 0 Å². The molecule has 29 heavy (non-hydrogen) atoms. The topological polar surface area (TPSA) is 56.5 Å². The Morgan fingerprint density at radius 1 is 0.931 bits per heavy atom. The van der Waals surface area contributed by atoms with E-state index < -0.39 is 22.8 Å². The summed E-state index contributed by atoms with van der Waals surface area (Å²) in [6, 6.07) is 15.4. The quantitative estimate of drug-likeness (QED) is 0.481. The third-order valence-electron chi connectivity index (χ3n) is 4.36. The van der Waals surface area contributed by atoms with Gasteiger partial charge in [0, 0.05) is 11.1 Å². The van der Waals surface area contributed by atoms with Crippen LogP contribution in [0, 0.1) is 0 Å². The summed E-state index contributed by atoms with van der Waals surface area (Å²) in [4.78, 5) is 4.80. The number of hydrogen-bond acceptors (Lipinski definition) is 4. The number of hydrogen-bond donors (Lipinski definition) is 0. The van der Waals surface area contributed by atoms with Crippen LogP contribution in [0.4, 0.5) is 13.2 Å². The second kappa shape index (κ2) is 7.41. The SMILES string of the molecule is COS(=O)c1ccc(-c2ccc3ncc(-c4ccc(C(F)(F)F)cc4)n3n2)cc1. The summed E-state index contributed by atoms with van der Waals surface area (Å²) in [6.45, 7) is 0. The minimum atomic E-state index is -4.39. The summed E-state index contributed by atoms with van der Waals surface area (Å²) in [5, 5.41) is 4.57. The first-order valence-corrected chi connectivity index (χ1v) is 9.53. The van der Waals surface area contributed by atoms with Gasteiger partial charge in [-0.2, -0.15) is 18.3 Å². The monoisotopic (exact) mass is 417 g/mol. The van der Waals surface area contributed by atoms with Crippen molar-refractivity contribution >= 4 is 16.7 Å². The lowest BCUT2D eigenvalue weighted by molar-refractivity contribution is -0.137. The van der Waals surface area contributed by atoms with Crippen molar-refractivity contribution in [2.75, 3.05) is 7.11 Å². The predicted molar refractivity (Wildman–Crippen MR) is 102 cm³/mol. The number of nitrogens with zero attached hydrogens (tertiary/aromatic N) is 3. The number of rotatable bonds is 4. The minimum absolute atomic E-state index is 0.533. The van der Waals surface area contributed by atoms with Gasteiger partial charge in [0.05, 0.1) is 35.2 Å². The van der Waals surface area contributed by atoms with E-state index >= 15 is 0 Å². The lowest BCUT2D eigenvalue weighted by atomic mass is 10.1. The van der Waals surface area contributed by atoms with Gasteiger partial charge in [0.25, 0.3) is 0 Å². The number of aromatic nitrogens is 3. The third kappa shape index (κ3) is 3.79. The molecule has 0 bridgehead atoms. The van der Waals surface area contributed by atoms with Gasteiger partial charge in [-0.3, -0.25) is 4.18 Å². The van der Waals surface area contributed by atoms with Gasteiger partial charge in [0.1, 0.15) is 0 Å². The van der Waals surface area contributed by atoms with Crippen LogP contribution in [0.25, 0.3) is 28.2 Å². The molecule has 0 amide bonds. The maximum atomic E-state index is 12.8. The smallest absolute Gasteiger partial charge is 0.290 e. The van der Waals surface area contributed by atoms with E-state index in [-0.39, 0.29) is 0 Å². The average Bonchev–Trinajstić information content (AvgIpc) is 3.16. The van der Waals surface area contributed by atoms with Gasteiger partial charge in [-0.15, -0.1) is 0 Å². The fraction of sp³-hybridized carbons (Fsp3) is 0.100. The van der Waals surface area contributed by atoms with E-state index in [1.807, 2.05) is 0 Å². The molecule has 0 aliphatic carbocycles. The Labute approximate surface area is 166 Å². The van der Waals surface area contributed by atoms with E-state index in [1.165, 1.54) is 19.2 Å².